The van der Waals surface area contributed by atoms with Crippen LogP contribution in [0.3, 0.4) is 0 Å². The maximum atomic E-state index is 5.74. The van der Waals surface area contributed by atoms with Gasteiger partial charge in [-0.2, -0.15) is 5.10 Å². The number of para-hydroxylation sites is 1. The molecule has 140 valence electrons. The molecule has 1 heterocycles. The molecule has 5 nitrogen and oxygen atoms in total. The molecule has 0 aliphatic heterocycles. The van der Waals surface area contributed by atoms with Crippen LogP contribution in [0.2, 0.25) is 0 Å². The van der Waals surface area contributed by atoms with Gasteiger partial charge >= 0.3 is 0 Å². The van der Waals surface area contributed by atoms with Gasteiger partial charge in [-0.1, -0.05) is 38.1 Å². The summed E-state index contributed by atoms with van der Waals surface area (Å²) in [6.45, 7) is 4.95. The standard InChI is InChI=1S/C21H23N3O2S/c1-15(2)13-26-17-8-6-7-16(11-17)12-22-24-21-23-19(14-27-21)18-9-4-5-10-20(18)25-3/h4-12,14-15H,13H2,1-3H3,(H,23,24)/b22-12-. The van der Waals surface area contributed by atoms with E-state index in [-0.39, 0.29) is 0 Å². The summed E-state index contributed by atoms with van der Waals surface area (Å²) < 4.78 is 11.1. The van der Waals surface area contributed by atoms with Gasteiger partial charge < -0.3 is 9.47 Å². The van der Waals surface area contributed by atoms with Crippen LogP contribution >= 0.6 is 11.3 Å². The van der Waals surface area contributed by atoms with Crippen LogP contribution in [0.25, 0.3) is 11.3 Å². The first-order valence-electron chi connectivity index (χ1n) is 8.76. The first kappa shape index (κ1) is 18.9. The first-order chi connectivity index (χ1) is 13.2. The van der Waals surface area contributed by atoms with Gasteiger partial charge in [0.25, 0.3) is 0 Å². The van der Waals surface area contributed by atoms with E-state index in [0.717, 1.165) is 33.5 Å². The van der Waals surface area contributed by atoms with Crippen LogP contribution < -0.4 is 14.9 Å². The minimum Gasteiger partial charge on any atom is -0.496 e. The van der Waals surface area contributed by atoms with Crippen molar-refractivity contribution in [3.63, 3.8) is 0 Å². The van der Waals surface area contributed by atoms with E-state index in [1.807, 2.05) is 53.9 Å². The molecule has 0 atom stereocenters. The van der Waals surface area contributed by atoms with E-state index in [2.05, 4.69) is 29.4 Å². The average Bonchev–Trinajstić information content (AvgIpc) is 3.15. The molecule has 2 aromatic carbocycles. The Labute approximate surface area is 163 Å². The van der Waals surface area contributed by atoms with E-state index in [1.165, 1.54) is 11.3 Å². The van der Waals surface area contributed by atoms with E-state index in [4.69, 9.17) is 9.47 Å². The lowest BCUT2D eigenvalue weighted by atomic mass is 10.1. The highest BCUT2D eigenvalue weighted by atomic mass is 32.1. The average molecular weight is 382 g/mol. The zero-order valence-corrected chi connectivity index (χ0v) is 16.5. The Morgan fingerprint density at radius 3 is 2.85 bits per heavy atom. The lowest BCUT2D eigenvalue weighted by Crippen LogP contribution is -2.04. The molecule has 0 unspecified atom stereocenters. The molecule has 0 amide bonds. The summed E-state index contributed by atoms with van der Waals surface area (Å²) in [5, 5.41) is 6.99. The van der Waals surface area contributed by atoms with Gasteiger partial charge in [-0.3, -0.25) is 5.43 Å². The van der Waals surface area contributed by atoms with Crippen LogP contribution in [0.1, 0.15) is 19.4 Å². The van der Waals surface area contributed by atoms with Crippen molar-refractivity contribution in [3.05, 3.63) is 59.5 Å². The quantitative estimate of drug-likeness (QED) is 0.425. The maximum absolute atomic E-state index is 5.74. The summed E-state index contributed by atoms with van der Waals surface area (Å²) in [6, 6.07) is 15.7. The molecule has 0 fully saturated rings. The molecule has 6 heteroatoms. The second kappa shape index (κ2) is 9.19. The second-order valence-electron chi connectivity index (χ2n) is 6.39. The predicted octanol–water partition coefficient (Wildman–Crippen LogP) is 5.30. The van der Waals surface area contributed by atoms with E-state index in [9.17, 15) is 0 Å². The van der Waals surface area contributed by atoms with Crippen LogP contribution in [-0.2, 0) is 0 Å². The number of ether oxygens (including phenoxy) is 2. The first-order valence-corrected chi connectivity index (χ1v) is 9.64. The maximum Gasteiger partial charge on any atom is 0.203 e. The molecular weight excluding hydrogens is 358 g/mol. The second-order valence-corrected chi connectivity index (χ2v) is 7.24. The Bertz CT molecular complexity index is 906. The molecular formula is C21H23N3O2S. The van der Waals surface area contributed by atoms with Gasteiger partial charge in [0, 0.05) is 10.9 Å². The van der Waals surface area contributed by atoms with Crippen molar-refractivity contribution in [2.75, 3.05) is 19.1 Å². The van der Waals surface area contributed by atoms with Gasteiger partial charge in [-0.15, -0.1) is 11.3 Å². The van der Waals surface area contributed by atoms with Crippen LogP contribution in [-0.4, -0.2) is 24.9 Å². The SMILES string of the molecule is COc1ccccc1-c1csc(N/N=C\c2cccc(OCC(C)C)c2)n1. The normalized spacial score (nSPS) is 11.1. The summed E-state index contributed by atoms with van der Waals surface area (Å²) in [5.41, 5.74) is 5.77. The van der Waals surface area contributed by atoms with Crippen LogP contribution in [0.5, 0.6) is 11.5 Å². The highest BCUT2D eigenvalue weighted by Gasteiger charge is 2.08. The molecule has 1 N–H and O–H groups in total. The van der Waals surface area contributed by atoms with Crippen LogP contribution in [0.4, 0.5) is 5.13 Å². The molecule has 0 saturated carbocycles. The molecule has 0 bridgehead atoms. The number of nitrogens with one attached hydrogen (secondary N) is 1. The number of benzene rings is 2. The monoisotopic (exact) mass is 381 g/mol. The highest BCUT2D eigenvalue weighted by molar-refractivity contribution is 7.14. The number of thiazole rings is 1. The molecule has 0 aliphatic carbocycles. The fourth-order valence-corrected chi connectivity index (χ4v) is 3.07. The Kier molecular flexibility index (Phi) is 6.44. The Morgan fingerprint density at radius 1 is 1.19 bits per heavy atom. The number of aromatic nitrogens is 1. The van der Waals surface area contributed by atoms with Gasteiger partial charge in [0.1, 0.15) is 11.5 Å². The fourth-order valence-electron chi connectivity index (χ4n) is 2.41. The van der Waals surface area contributed by atoms with Crippen LogP contribution in [0, 0.1) is 5.92 Å². The van der Waals surface area contributed by atoms with E-state index >= 15 is 0 Å². The van der Waals surface area contributed by atoms with Gasteiger partial charge in [0.2, 0.25) is 5.13 Å². The number of nitrogens with zero attached hydrogens (tertiary/aromatic N) is 2. The van der Waals surface area contributed by atoms with Gasteiger partial charge in [-0.05, 0) is 35.7 Å². The van der Waals surface area contributed by atoms with Gasteiger partial charge in [0.05, 0.1) is 25.6 Å². The van der Waals surface area contributed by atoms with Crippen molar-refractivity contribution in [2.45, 2.75) is 13.8 Å². The molecule has 1 aromatic heterocycles. The Balaban J connectivity index is 1.64. The molecule has 3 aromatic rings. The summed E-state index contributed by atoms with van der Waals surface area (Å²) >= 11 is 1.50. The van der Waals surface area contributed by atoms with Crippen molar-refractivity contribution in [1.29, 1.82) is 0 Å². The smallest absolute Gasteiger partial charge is 0.203 e. The third-order valence-corrected chi connectivity index (χ3v) is 4.45. The zero-order valence-electron chi connectivity index (χ0n) is 15.7. The fraction of sp³-hybridized carbons (Fsp3) is 0.238. The number of hydrogen-bond acceptors (Lipinski definition) is 6. The number of hydrazone groups is 1. The van der Waals surface area contributed by atoms with Crippen molar-refractivity contribution in [1.82, 2.24) is 4.98 Å². The lowest BCUT2D eigenvalue weighted by Gasteiger charge is -2.08. The number of anilines is 1. The Morgan fingerprint density at radius 2 is 2.04 bits per heavy atom. The van der Waals surface area contributed by atoms with Crippen molar-refractivity contribution < 1.29 is 9.47 Å². The highest BCUT2D eigenvalue weighted by Crippen LogP contribution is 2.31. The molecule has 27 heavy (non-hydrogen) atoms. The predicted molar refractivity (Wildman–Crippen MR) is 112 cm³/mol. The summed E-state index contributed by atoms with van der Waals surface area (Å²) in [4.78, 5) is 4.58. The van der Waals surface area contributed by atoms with Crippen molar-refractivity contribution >= 4 is 22.7 Å². The van der Waals surface area contributed by atoms with Crippen molar-refractivity contribution in [3.8, 4) is 22.8 Å². The Hall–Kier alpha value is -2.86. The number of methoxy groups -OCH3 is 1. The molecule has 3 rings (SSSR count). The number of rotatable bonds is 8. The van der Waals surface area contributed by atoms with Gasteiger partial charge in [-0.25, -0.2) is 4.98 Å². The summed E-state index contributed by atoms with van der Waals surface area (Å²) in [6.07, 6.45) is 1.76. The summed E-state index contributed by atoms with van der Waals surface area (Å²) in [5.74, 6) is 2.14. The van der Waals surface area contributed by atoms with E-state index in [1.54, 1.807) is 13.3 Å². The largest absolute Gasteiger partial charge is 0.496 e. The van der Waals surface area contributed by atoms with Gasteiger partial charge in [0.15, 0.2) is 0 Å². The molecule has 0 aliphatic rings. The minimum absolute atomic E-state index is 0.492. The lowest BCUT2D eigenvalue weighted by molar-refractivity contribution is 0.271. The van der Waals surface area contributed by atoms with Crippen molar-refractivity contribution in [2.24, 2.45) is 11.0 Å². The molecule has 0 radical (unpaired) electrons. The van der Waals surface area contributed by atoms with E-state index in [0.29, 0.717) is 12.5 Å². The van der Waals surface area contributed by atoms with E-state index < -0.39 is 0 Å². The molecule has 0 spiro atoms. The summed E-state index contributed by atoms with van der Waals surface area (Å²) in [7, 11) is 1.66. The zero-order chi connectivity index (χ0) is 19.1. The third kappa shape index (κ3) is 5.31. The number of hydrogen-bond donors (Lipinski definition) is 1. The topological polar surface area (TPSA) is 55.7 Å². The van der Waals surface area contributed by atoms with Crippen LogP contribution in [0.15, 0.2) is 59.0 Å². The third-order valence-electron chi connectivity index (χ3n) is 3.70. The minimum atomic E-state index is 0.492. The molecule has 0 saturated heterocycles.